The number of aromatic hydroxyl groups is 2. The van der Waals surface area contributed by atoms with Crippen LogP contribution in [-0.2, 0) is 31.1 Å². The molecule has 0 radical (unpaired) electrons. The van der Waals surface area contributed by atoms with Crippen LogP contribution in [0.15, 0.2) is 87.7 Å². The molecule has 0 atom stereocenters. The molecule has 4 aromatic carbocycles. The van der Waals surface area contributed by atoms with E-state index in [1.54, 1.807) is 0 Å². The lowest BCUT2D eigenvalue weighted by Gasteiger charge is -2.27. The highest BCUT2D eigenvalue weighted by Crippen LogP contribution is 2.56. The van der Waals surface area contributed by atoms with E-state index in [0.29, 0.717) is 51.1 Å². The highest BCUT2D eigenvalue weighted by molar-refractivity contribution is 8.01. The molecule has 6 rings (SSSR count). The van der Waals surface area contributed by atoms with Crippen molar-refractivity contribution in [1.29, 1.82) is 0 Å². The second-order valence-corrected chi connectivity index (χ2v) is 22.9. The molecule has 302 valence electrons. The molecule has 10 bridgehead atoms. The van der Waals surface area contributed by atoms with E-state index < -0.39 is 0 Å². The summed E-state index contributed by atoms with van der Waals surface area (Å²) in [4.78, 5) is 6.49. The Labute approximate surface area is 351 Å². The largest absolute Gasteiger partial charge is 0.506 e. The van der Waals surface area contributed by atoms with Gasteiger partial charge in [-0.05, 0) is 92.4 Å². The van der Waals surface area contributed by atoms with Gasteiger partial charge < -0.3 is 29.2 Å². The summed E-state index contributed by atoms with van der Waals surface area (Å²) >= 11 is 6.07. The Kier molecular flexibility index (Phi) is 12.7. The lowest BCUT2D eigenvalue weighted by molar-refractivity contribution is 0.0263. The zero-order valence-electron chi connectivity index (χ0n) is 35.0. The molecular formula is C46H58O6S4. The molecule has 6 nitrogen and oxygen atoms in total. The van der Waals surface area contributed by atoms with Crippen molar-refractivity contribution < 1.29 is 29.2 Å². The van der Waals surface area contributed by atoms with Gasteiger partial charge in [0.15, 0.2) is 0 Å². The number of ether oxygens (including phenoxy) is 4. The summed E-state index contributed by atoms with van der Waals surface area (Å²) in [5, 5.41) is 24.7. The highest BCUT2D eigenvalue weighted by Gasteiger charge is 2.29. The van der Waals surface area contributed by atoms with Crippen LogP contribution in [0.1, 0.15) is 105 Å². The van der Waals surface area contributed by atoms with Crippen LogP contribution in [0.4, 0.5) is 0 Å². The van der Waals surface area contributed by atoms with Crippen LogP contribution in [0.3, 0.4) is 0 Å². The van der Waals surface area contributed by atoms with Crippen LogP contribution in [0.2, 0.25) is 0 Å². The molecule has 4 aromatic rings. The maximum Gasteiger partial charge on any atom is 0.147 e. The third-order valence-corrected chi connectivity index (χ3v) is 14.0. The third kappa shape index (κ3) is 9.98. The Bertz CT molecular complexity index is 1840. The van der Waals surface area contributed by atoms with Crippen molar-refractivity contribution in [3.8, 4) is 23.0 Å². The van der Waals surface area contributed by atoms with Gasteiger partial charge in [0.05, 0.1) is 65.6 Å². The molecule has 0 aliphatic carbocycles. The summed E-state index contributed by atoms with van der Waals surface area (Å²) in [5.74, 6) is 1.81. The van der Waals surface area contributed by atoms with Gasteiger partial charge in [0.2, 0.25) is 0 Å². The van der Waals surface area contributed by atoms with Gasteiger partial charge >= 0.3 is 0 Å². The highest BCUT2D eigenvalue weighted by atomic mass is 32.2. The molecule has 2 heterocycles. The molecule has 56 heavy (non-hydrogen) atoms. The van der Waals surface area contributed by atoms with Crippen LogP contribution in [0.5, 0.6) is 23.0 Å². The first-order valence-electron chi connectivity index (χ1n) is 19.3. The molecule has 10 heteroatoms. The van der Waals surface area contributed by atoms with E-state index in [2.05, 4.69) is 132 Å². The number of fused-ring (bicyclic) bond motifs is 2. The summed E-state index contributed by atoms with van der Waals surface area (Å²) < 4.78 is 25.4. The van der Waals surface area contributed by atoms with Crippen molar-refractivity contribution >= 4 is 47.0 Å². The number of rotatable bonds is 0. The van der Waals surface area contributed by atoms with Crippen LogP contribution < -0.4 is 9.47 Å². The van der Waals surface area contributed by atoms with Gasteiger partial charge in [-0.3, -0.25) is 0 Å². The summed E-state index contributed by atoms with van der Waals surface area (Å²) in [6.07, 6.45) is 0. The molecule has 0 fully saturated rings. The molecule has 0 aromatic heterocycles. The molecule has 0 saturated heterocycles. The van der Waals surface area contributed by atoms with Gasteiger partial charge in [-0.15, -0.1) is 0 Å². The van der Waals surface area contributed by atoms with Crippen molar-refractivity contribution in [3.05, 3.63) is 70.8 Å². The van der Waals surface area contributed by atoms with E-state index in [4.69, 9.17) is 18.9 Å². The van der Waals surface area contributed by atoms with E-state index in [1.807, 2.05) is 0 Å². The Morgan fingerprint density at radius 3 is 0.804 bits per heavy atom. The molecule has 2 aliphatic heterocycles. The minimum atomic E-state index is -0.199. The van der Waals surface area contributed by atoms with Gasteiger partial charge in [-0.25, -0.2) is 0 Å². The fraction of sp³-hybridized carbons (Fsp3) is 0.478. The minimum Gasteiger partial charge on any atom is -0.506 e. The van der Waals surface area contributed by atoms with E-state index in [1.165, 1.54) is 47.0 Å². The van der Waals surface area contributed by atoms with E-state index in [9.17, 15) is 10.2 Å². The fourth-order valence-electron chi connectivity index (χ4n) is 6.15. The average Bonchev–Trinajstić information content (AvgIpc) is 3.07. The number of phenolic OH excluding ortho intramolecular Hbond substituents is 2. The molecule has 0 amide bonds. The fourth-order valence-corrected chi connectivity index (χ4v) is 10.7. The van der Waals surface area contributed by atoms with Gasteiger partial charge in [0, 0.05) is 0 Å². The topological polar surface area (TPSA) is 77.4 Å². The Morgan fingerprint density at radius 1 is 0.357 bits per heavy atom. The Hall–Kier alpha value is -2.60. The summed E-state index contributed by atoms with van der Waals surface area (Å²) in [7, 11) is 0. The van der Waals surface area contributed by atoms with Crippen LogP contribution in [0, 0.1) is 0 Å². The van der Waals surface area contributed by atoms with Crippen LogP contribution in [-0.4, -0.2) is 49.9 Å². The predicted molar refractivity (Wildman–Crippen MR) is 233 cm³/mol. The number of benzene rings is 4. The molecular weight excluding hydrogens is 777 g/mol. The van der Waals surface area contributed by atoms with Crippen LogP contribution >= 0.6 is 47.0 Å². The van der Waals surface area contributed by atoms with Crippen molar-refractivity contribution in [2.75, 3.05) is 39.6 Å². The number of phenols is 2. The van der Waals surface area contributed by atoms with E-state index >= 15 is 0 Å². The predicted octanol–water partition coefficient (Wildman–Crippen LogP) is 13.0. The van der Waals surface area contributed by atoms with Crippen molar-refractivity contribution in [2.24, 2.45) is 0 Å². The van der Waals surface area contributed by atoms with Crippen molar-refractivity contribution in [2.45, 2.75) is 144 Å². The Balaban J connectivity index is 1.75. The lowest BCUT2D eigenvalue weighted by atomic mass is 9.87. The summed E-state index contributed by atoms with van der Waals surface area (Å²) in [5.41, 5.74) is 3.66. The van der Waals surface area contributed by atoms with Gasteiger partial charge in [0.25, 0.3) is 0 Å². The lowest BCUT2D eigenvalue weighted by Crippen LogP contribution is -2.15. The Morgan fingerprint density at radius 2 is 0.571 bits per heavy atom. The summed E-state index contributed by atoms with van der Waals surface area (Å²) in [6.45, 7) is 28.7. The van der Waals surface area contributed by atoms with Crippen molar-refractivity contribution in [3.63, 3.8) is 0 Å². The number of hydrogen-bond acceptors (Lipinski definition) is 10. The normalized spacial score (nSPS) is 16.1. The molecule has 0 saturated carbocycles. The monoisotopic (exact) mass is 834 g/mol. The first-order chi connectivity index (χ1) is 26.1. The molecule has 2 aliphatic rings. The second kappa shape index (κ2) is 16.6. The van der Waals surface area contributed by atoms with Crippen LogP contribution in [0.25, 0.3) is 0 Å². The first kappa shape index (κ1) is 43.0. The average molecular weight is 835 g/mol. The minimum absolute atomic E-state index is 0.199. The zero-order valence-corrected chi connectivity index (χ0v) is 38.3. The molecule has 0 spiro atoms. The second-order valence-electron chi connectivity index (χ2n) is 18.6. The zero-order chi connectivity index (χ0) is 40.8. The van der Waals surface area contributed by atoms with Gasteiger partial charge in [-0.2, -0.15) is 0 Å². The SMILES string of the molecule is CC(C)(C)c1cc2c(O)c(c1)Sc1cc(C(C)(C)C)cc3c1OCCOCCOCCOc1c(cc(C(C)(C)C)cc1Sc1cc(C(C)(C)C)cc(c1O)S3)S2. The smallest absolute Gasteiger partial charge is 0.147 e. The quantitative estimate of drug-likeness (QED) is 0.157. The molecule has 2 N–H and O–H groups in total. The van der Waals surface area contributed by atoms with E-state index in [0.717, 1.165) is 61.4 Å². The first-order valence-corrected chi connectivity index (χ1v) is 22.6. The van der Waals surface area contributed by atoms with Gasteiger partial charge in [0.1, 0.15) is 36.2 Å². The van der Waals surface area contributed by atoms with Crippen molar-refractivity contribution in [1.82, 2.24) is 0 Å². The third-order valence-electron chi connectivity index (χ3n) is 9.79. The number of hydrogen-bond donors (Lipinski definition) is 2. The van der Waals surface area contributed by atoms with Gasteiger partial charge in [-0.1, -0.05) is 130 Å². The summed E-state index contributed by atoms with van der Waals surface area (Å²) in [6, 6.07) is 17.2. The molecule has 0 unspecified atom stereocenters. The standard InChI is InChI=1S/C46H58O6S4/c1-43(2,3)27-19-31-39(47)32(20-27)54-36-24-30(46(10,11)12)26-38-42(36)52-18-16-50-14-13-49-15-17-51-41-35(53-31)23-29(45(7,8)9)25-37(41)55-33-21-28(44(4,5)6)22-34(56-38)40(33)48/h19-26,47-48H,13-18H2,1-12H3. The van der Waals surface area contributed by atoms with E-state index in [-0.39, 0.29) is 33.2 Å². The maximum atomic E-state index is 12.3. The maximum absolute atomic E-state index is 12.3.